The number of hydrogen-bond acceptors (Lipinski definition) is 9. The van der Waals surface area contributed by atoms with Crippen LogP contribution >= 0.6 is 11.6 Å². The zero-order valence-electron chi connectivity index (χ0n) is 18.8. The number of pyridine rings is 1. The van der Waals surface area contributed by atoms with Crippen LogP contribution in [-0.2, 0) is 9.53 Å². The van der Waals surface area contributed by atoms with Gasteiger partial charge in [0, 0.05) is 0 Å². The number of aliphatic hydroxyl groups is 1. The van der Waals surface area contributed by atoms with Crippen LogP contribution in [0, 0.1) is 17.1 Å². The molecule has 1 aromatic carbocycles. The number of nitrogens with zero attached hydrogens (tertiary/aromatic N) is 5. The Balaban J connectivity index is 1.71. The zero-order valence-corrected chi connectivity index (χ0v) is 19.5. The second-order valence-electron chi connectivity index (χ2n) is 7.54. The number of amides is 1. The van der Waals surface area contributed by atoms with Crippen molar-refractivity contribution in [2.75, 3.05) is 18.5 Å². The highest BCUT2D eigenvalue weighted by Gasteiger charge is 2.26. The molecule has 4 rings (SSSR count). The summed E-state index contributed by atoms with van der Waals surface area (Å²) < 4.78 is 24.7. The number of ether oxygens (including phenoxy) is 2. The monoisotopic (exact) mass is 511 g/mol. The van der Waals surface area contributed by atoms with Gasteiger partial charge in [-0.25, -0.2) is 14.4 Å². The molecule has 0 radical (unpaired) electrons. The molecule has 11 nitrogen and oxygen atoms in total. The Hall–Kier alpha value is -4.18. The van der Waals surface area contributed by atoms with Crippen LogP contribution in [0.4, 0.5) is 10.2 Å². The molecule has 0 unspecified atom stereocenters. The van der Waals surface area contributed by atoms with Gasteiger partial charge in [0.2, 0.25) is 12.0 Å². The quantitative estimate of drug-likeness (QED) is 0.307. The van der Waals surface area contributed by atoms with E-state index >= 15 is 0 Å². The first-order valence-electron chi connectivity index (χ1n) is 10.6. The third-order valence-electron chi connectivity index (χ3n) is 4.95. The number of halogens is 2. The number of carbonyl (C=O) groups is 1. The molecule has 13 heteroatoms. The Morgan fingerprint density at radius 1 is 1.31 bits per heavy atom. The van der Waals surface area contributed by atoms with E-state index in [1.165, 1.54) is 12.3 Å². The van der Waals surface area contributed by atoms with E-state index in [-0.39, 0.29) is 52.5 Å². The van der Waals surface area contributed by atoms with Crippen LogP contribution in [0.3, 0.4) is 0 Å². The van der Waals surface area contributed by atoms with Crippen molar-refractivity contribution in [3.63, 3.8) is 0 Å². The van der Waals surface area contributed by atoms with Gasteiger partial charge < -0.3 is 19.9 Å². The highest BCUT2D eigenvalue weighted by molar-refractivity contribution is 6.33. The summed E-state index contributed by atoms with van der Waals surface area (Å²) in [5.41, 5.74) is 0.802. The van der Waals surface area contributed by atoms with Gasteiger partial charge in [-0.05, 0) is 31.2 Å². The minimum Gasteiger partial charge on any atom is -0.461 e. The standard InChI is InChI=1S/C23H19ClFN7O4/c1-12(10-33)35-11-17(22(34)29-18-6-5-14(25)8-27-18)36-23-15-9-28-32-20(15)30-21(31-23)19-13(7-26)3-2-4-16(19)24/h2-6,8-9,12,17,33H,10-11H2,1H3,(H,27,29,34)(H,28,30,31,32)/t12-,17+/m1/s1. The molecule has 36 heavy (non-hydrogen) atoms. The second kappa shape index (κ2) is 11.0. The minimum absolute atomic E-state index is 0.0278. The summed E-state index contributed by atoms with van der Waals surface area (Å²) in [4.78, 5) is 25.7. The molecule has 0 spiro atoms. The van der Waals surface area contributed by atoms with Crippen molar-refractivity contribution >= 4 is 34.4 Å². The van der Waals surface area contributed by atoms with Gasteiger partial charge in [-0.3, -0.25) is 9.89 Å². The number of H-pyrrole nitrogens is 1. The number of nitriles is 1. The van der Waals surface area contributed by atoms with E-state index in [9.17, 15) is 19.6 Å². The number of aromatic nitrogens is 5. The smallest absolute Gasteiger partial charge is 0.269 e. The second-order valence-corrected chi connectivity index (χ2v) is 7.95. The summed E-state index contributed by atoms with van der Waals surface area (Å²) in [6.45, 7) is 1.08. The highest BCUT2D eigenvalue weighted by Crippen LogP contribution is 2.32. The maximum Gasteiger partial charge on any atom is 0.269 e. The number of hydrogen-bond donors (Lipinski definition) is 3. The number of rotatable bonds is 9. The van der Waals surface area contributed by atoms with Crippen molar-refractivity contribution in [1.29, 1.82) is 5.26 Å². The summed E-state index contributed by atoms with van der Waals surface area (Å²) >= 11 is 6.34. The third kappa shape index (κ3) is 5.55. The van der Waals surface area contributed by atoms with Crippen molar-refractivity contribution in [3.8, 4) is 23.3 Å². The van der Waals surface area contributed by atoms with Gasteiger partial charge >= 0.3 is 0 Å². The van der Waals surface area contributed by atoms with E-state index in [4.69, 9.17) is 21.1 Å². The van der Waals surface area contributed by atoms with Crippen LogP contribution in [0.25, 0.3) is 22.4 Å². The van der Waals surface area contributed by atoms with Crippen LogP contribution in [0.2, 0.25) is 5.02 Å². The first-order chi connectivity index (χ1) is 17.4. The lowest BCUT2D eigenvalue weighted by atomic mass is 10.1. The number of carbonyl (C=O) groups excluding carboxylic acids is 1. The molecule has 4 aromatic rings. The van der Waals surface area contributed by atoms with Crippen molar-refractivity contribution in [2.45, 2.75) is 19.1 Å². The molecular formula is C23H19ClFN7O4. The lowest BCUT2D eigenvalue weighted by Gasteiger charge is -2.20. The van der Waals surface area contributed by atoms with E-state index in [2.05, 4.69) is 36.5 Å². The fourth-order valence-electron chi connectivity index (χ4n) is 3.11. The Morgan fingerprint density at radius 2 is 2.14 bits per heavy atom. The molecule has 3 heterocycles. The van der Waals surface area contributed by atoms with Crippen LogP contribution in [0.1, 0.15) is 12.5 Å². The molecule has 0 fully saturated rings. The number of anilines is 1. The number of aromatic amines is 1. The average molecular weight is 512 g/mol. The molecule has 3 N–H and O–H groups in total. The summed E-state index contributed by atoms with van der Waals surface area (Å²) in [5, 5.41) is 28.7. The van der Waals surface area contributed by atoms with Gasteiger partial charge in [0.1, 0.15) is 17.0 Å². The molecule has 0 aliphatic rings. The van der Waals surface area contributed by atoms with Crippen molar-refractivity contribution in [2.24, 2.45) is 0 Å². The molecule has 2 atom stereocenters. The maximum absolute atomic E-state index is 13.2. The van der Waals surface area contributed by atoms with Gasteiger partial charge in [-0.1, -0.05) is 17.7 Å². The van der Waals surface area contributed by atoms with E-state index in [1.54, 1.807) is 25.1 Å². The summed E-state index contributed by atoms with van der Waals surface area (Å²) in [5.74, 6) is -1.08. The predicted octanol–water partition coefficient (Wildman–Crippen LogP) is 2.86. The molecule has 3 aromatic heterocycles. The predicted molar refractivity (Wildman–Crippen MR) is 127 cm³/mol. The molecule has 0 saturated heterocycles. The number of benzene rings is 1. The van der Waals surface area contributed by atoms with E-state index in [0.717, 1.165) is 12.3 Å². The van der Waals surface area contributed by atoms with E-state index in [1.807, 2.05) is 0 Å². The summed E-state index contributed by atoms with van der Waals surface area (Å²) in [6.07, 6.45) is 0.523. The Kier molecular flexibility index (Phi) is 7.65. The summed E-state index contributed by atoms with van der Waals surface area (Å²) in [6, 6.07) is 9.27. The molecule has 0 aliphatic heterocycles. The van der Waals surface area contributed by atoms with E-state index < -0.39 is 23.9 Å². The lowest BCUT2D eigenvalue weighted by Crippen LogP contribution is -2.38. The van der Waals surface area contributed by atoms with Crippen LogP contribution in [-0.4, -0.2) is 61.6 Å². The number of aliphatic hydroxyl groups excluding tert-OH is 1. The third-order valence-corrected chi connectivity index (χ3v) is 5.26. The Labute approximate surface area is 208 Å². The first-order valence-corrected chi connectivity index (χ1v) is 11.0. The van der Waals surface area contributed by atoms with Crippen LogP contribution in [0.5, 0.6) is 5.88 Å². The zero-order chi connectivity index (χ0) is 25.7. The van der Waals surface area contributed by atoms with Crippen molar-refractivity contribution in [3.05, 3.63) is 59.1 Å². The average Bonchev–Trinajstić information content (AvgIpc) is 3.36. The summed E-state index contributed by atoms with van der Waals surface area (Å²) in [7, 11) is 0. The number of nitrogens with one attached hydrogen (secondary N) is 2. The maximum atomic E-state index is 13.2. The fourth-order valence-corrected chi connectivity index (χ4v) is 3.37. The van der Waals surface area contributed by atoms with Gasteiger partial charge in [0.15, 0.2) is 11.5 Å². The molecule has 0 aliphatic carbocycles. The van der Waals surface area contributed by atoms with Crippen molar-refractivity contribution < 1.29 is 23.8 Å². The lowest BCUT2D eigenvalue weighted by molar-refractivity contribution is -0.127. The first kappa shape index (κ1) is 24.9. The fraction of sp³-hybridized carbons (Fsp3) is 0.217. The topological polar surface area (TPSA) is 159 Å². The highest BCUT2D eigenvalue weighted by atomic mass is 35.5. The molecule has 0 saturated carbocycles. The molecule has 1 amide bonds. The number of fused-ring (bicyclic) bond motifs is 1. The van der Waals surface area contributed by atoms with Gasteiger partial charge in [-0.15, -0.1) is 0 Å². The van der Waals surface area contributed by atoms with Gasteiger partial charge in [0.25, 0.3) is 5.91 Å². The Bertz CT molecular complexity index is 1420. The van der Waals surface area contributed by atoms with Crippen molar-refractivity contribution in [1.82, 2.24) is 25.1 Å². The molecule has 0 bridgehead atoms. The molecular weight excluding hydrogens is 493 g/mol. The van der Waals surface area contributed by atoms with Crippen LogP contribution < -0.4 is 10.1 Å². The normalized spacial score (nSPS) is 12.6. The SMILES string of the molecule is C[C@H](CO)OC[C@H](Oc1nc(-c2c(Cl)cccc2C#N)nc2[nH]ncc12)C(=O)Nc1ccc(F)cn1. The van der Waals surface area contributed by atoms with Gasteiger partial charge in [0.05, 0.1) is 53.9 Å². The van der Waals surface area contributed by atoms with Crippen LogP contribution in [0.15, 0.2) is 42.7 Å². The molecule has 184 valence electrons. The Morgan fingerprint density at radius 3 is 2.86 bits per heavy atom. The van der Waals surface area contributed by atoms with Gasteiger partial charge in [-0.2, -0.15) is 15.3 Å². The minimum atomic E-state index is -1.27. The largest absolute Gasteiger partial charge is 0.461 e. The van der Waals surface area contributed by atoms with E-state index in [0.29, 0.717) is 5.39 Å².